The van der Waals surface area contributed by atoms with Crippen LogP contribution >= 0.6 is 12.4 Å². The van der Waals surface area contributed by atoms with Crippen LogP contribution in [0.2, 0.25) is 0 Å². The van der Waals surface area contributed by atoms with Gasteiger partial charge in [-0.2, -0.15) is 0 Å². The second-order valence-electron chi connectivity index (χ2n) is 4.05. The maximum absolute atomic E-state index is 11.2. The fourth-order valence-electron chi connectivity index (χ4n) is 1.74. The van der Waals surface area contributed by atoms with Crippen LogP contribution in [-0.2, 0) is 9.53 Å². The molecule has 1 heterocycles. The molecule has 0 spiro atoms. The van der Waals surface area contributed by atoms with Crippen molar-refractivity contribution in [3.63, 3.8) is 0 Å². The Balaban J connectivity index is 0.00000225. The van der Waals surface area contributed by atoms with Crippen molar-refractivity contribution in [1.82, 2.24) is 10.6 Å². The molecule has 1 atom stereocenters. The van der Waals surface area contributed by atoms with E-state index in [1.54, 1.807) is 0 Å². The second kappa shape index (κ2) is 9.87. The first kappa shape index (κ1) is 15.7. The normalized spacial score (nSPS) is 19.2. The number of rotatable bonds is 7. The van der Waals surface area contributed by atoms with Crippen LogP contribution in [0.3, 0.4) is 0 Å². The molecule has 0 aromatic rings. The lowest BCUT2D eigenvalue weighted by Gasteiger charge is -2.09. The molecule has 0 aromatic carbocycles. The number of carbonyl (C=O) groups excluding carboxylic acids is 1. The van der Waals surface area contributed by atoms with Gasteiger partial charge in [0.2, 0.25) is 5.91 Å². The number of halogens is 1. The Labute approximate surface area is 104 Å². The molecular weight excluding hydrogens is 228 g/mol. The van der Waals surface area contributed by atoms with Crippen LogP contribution in [-0.4, -0.2) is 38.8 Å². The van der Waals surface area contributed by atoms with Gasteiger partial charge in [-0.15, -0.1) is 12.4 Å². The lowest BCUT2D eigenvalue weighted by atomic mass is 10.1. The van der Waals surface area contributed by atoms with Crippen molar-refractivity contribution in [2.75, 3.05) is 32.8 Å². The van der Waals surface area contributed by atoms with Gasteiger partial charge >= 0.3 is 0 Å². The number of amides is 1. The summed E-state index contributed by atoms with van der Waals surface area (Å²) >= 11 is 0. The molecule has 1 saturated heterocycles. The molecule has 0 radical (unpaired) electrons. The third kappa shape index (κ3) is 7.04. The van der Waals surface area contributed by atoms with Gasteiger partial charge in [0.05, 0.1) is 0 Å². The van der Waals surface area contributed by atoms with E-state index < -0.39 is 0 Å². The summed E-state index contributed by atoms with van der Waals surface area (Å²) in [6.45, 7) is 5.91. The van der Waals surface area contributed by atoms with E-state index in [1.165, 1.54) is 6.42 Å². The van der Waals surface area contributed by atoms with Gasteiger partial charge in [0.1, 0.15) is 6.61 Å². The standard InChI is InChI=1S/C11H22N2O2.ClH/c1-2-7-15-9-11(14)13-6-4-10-3-5-12-8-10;/h10,12H,2-9H2,1H3,(H,13,14);1H. The Hall–Kier alpha value is -0.320. The topological polar surface area (TPSA) is 50.4 Å². The minimum Gasteiger partial charge on any atom is -0.372 e. The van der Waals surface area contributed by atoms with Gasteiger partial charge in [0, 0.05) is 13.2 Å². The molecule has 5 heteroatoms. The van der Waals surface area contributed by atoms with Crippen LogP contribution in [0.5, 0.6) is 0 Å². The van der Waals surface area contributed by atoms with Gasteiger partial charge in [-0.25, -0.2) is 0 Å². The first-order valence-corrected chi connectivity index (χ1v) is 5.88. The van der Waals surface area contributed by atoms with Crippen LogP contribution < -0.4 is 10.6 Å². The zero-order valence-electron chi connectivity index (χ0n) is 9.96. The summed E-state index contributed by atoms with van der Waals surface area (Å²) in [5, 5.41) is 6.19. The smallest absolute Gasteiger partial charge is 0.245 e. The van der Waals surface area contributed by atoms with Crippen molar-refractivity contribution in [1.29, 1.82) is 0 Å². The van der Waals surface area contributed by atoms with Crippen molar-refractivity contribution < 1.29 is 9.53 Å². The lowest BCUT2D eigenvalue weighted by Crippen LogP contribution is -2.29. The van der Waals surface area contributed by atoms with Crippen molar-refractivity contribution in [3.05, 3.63) is 0 Å². The maximum Gasteiger partial charge on any atom is 0.245 e. The van der Waals surface area contributed by atoms with Gasteiger partial charge in [0.15, 0.2) is 0 Å². The molecule has 4 nitrogen and oxygen atoms in total. The largest absolute Gasteiger partial charge is 0.372 e. The molecule has 0 saturated carbocycles. The Morgan fingerprint density at radius 1 is 1.56 bits per heavy atom. The number of hydrogen-bond acceptors (Lipinski definition) is 3. The highest BCUT2D eigenvalue weighted by atomic mass is 35.5. The molecule has 0 bridgehead atoms. The quantitative estimate of drug-likeness (QED) is 0.662. The van der Waals surface area contributed by atoms with E-state index in [2.05, 4.69) is 10.6 Å². The number of nitrogens with one attached hydrogen (secondary N) is 2. The van der Waals surface area contributed by atoms with Crippen molar-refractivity contribution in [2.45, 2.75) is 26.2 Å². The van der Waals surface area contributed by atoms with E-state index >= 15 is 0 Å². The summed E-state index contributed by atoms with van der Waals surface area (Å²) in [6, 6.07) is 0. The highest BCUT2D eigenvalue weighted by Gasteiger charge is 2.13. The predicted molar refractivity (Wildman–Crippen MR) is 67.0 cm³/mol. The maximum atomic E-state index is 11.2. The van der Waals surface area contributed by atoms with Gasteiger partial charge in [-0.1, -0.05) is 6.92 Å². The average Bonchev–Trinajstić information content (AvgIpc) is 2.71. The first-order valence-electron chi connectivity index (χ1n) is 5.88. The zero-order valence-corrected chi connectivity index (χ0v) is 10.8. The predicted octanol–water partition coefficient (Wildman–Crippen LogP) is 0.951. The Morgan fingerprint density at radius 2 is 2.38 bits per heavy atom. The number of hydrogen-bond donors (Lipinski definition) is 2. The highest BCUT2D eigenvalue weighted by Crippen LogP contribution is 2.10. The second-order valence-corrected chi connectivity index (χ2v) is 4.05. The minimum atomic E-state index is 0. The van der Waals surface area contributed by atoms with Crippen LogP contribution in [0, 0.1) is 5.92 Å². The molecule has 16 heavy (non-hydrogen) atoms. The van der Waals surface area contributed by atoms with Crippen LogP contribution in [0.15, 0.2) is 0 Å². The fraction of sp³-hybridized carbons (Fsp3) is 0.909. The van der Waals surface area contributed by atoms with Gasteiger partial charge in [-0.3, -0.25) is 4.79 Å². The summed E-state index contributed by atoms with van der Waals surface area (Å²) < 4.78 is 5.14. The molecule has 0 aromatic heterocycles. The van der Waals surface area contributed by atoms with Gasteiger partial charge in [0.25, 0.3) is 0 Å². The Morgan fingerprint density at radius 3 is 3.00 bits per heavy atom. The van der Waals surface area contributed by atoms with Gasteiger partial charge < -0.3 is 15.4 Å². The molecule has 1 unspecified atom stereocenters. The summed E-state index contributed by atoms with van der Waals surface area (Å²) in [4.78, 5) is 11.2. The minimum absolute atomic E-state index is 0. The molecule has 96 valence electrons. The summed E-state index contributed by atoms with van der Waals surface area (Å²) in [5.74, 6) is 0.747. The van der Waals surface area contributed by atoms with Crippen molar-refractivity contribution in [2.24, 2.45) is 5.92 Å². The molecule has 2 N–H and O–H groups in total. The third-order valence-electron chi connectivity index (χ3n) is 2.62. The van der Waals surface area contributed by atoms with Crippen molar-refractivity contribution >= 4 is 18.3 Å². The van der Waals surface area contributed by atoms with Crippen LogP contribution in [0.4, 0.5) is 0 Å². The molecule has 1 aliphatic heterocycles. The van der Waals surface area contributed by atoms with Gasteiger partial charge in [-0.05, 0) is 38.3 Å². The Bertz CT molecular complexity index is 185. The fourth-order valence-corrected chi connectivity index (χ4v) is 1.74. The molecule has 0 aliphatic carbocycles. The molecule has 1 fully saturated rings. The van der Waals surface area contributed by atoms with E-state index in [0.29, 0.717) is 6.61 Å². The third-order valence-corrected chi connectivity index (χ3v) is 2.62. The van der Waals surface area contributed by atoms with Crippen molar-refractivity contribution in [3.8, 4) is 0 Å². The number of carbonyl (C=O) groups is 1. The van der Waals surface area contributed by atoms with E-state index in [4.69, 9.17) is 4.74 Å². The van der Waals surface area contributed by atoms with Crippen LogP contribution in [0.25, 0.3) is 0 Å². The molecule has 1 rings (SSSR count). The molecule has 1 amide bonds. The highest BCUT2D eigenvalue weighted by molar-refractivity contribution is 5.85. The lowest BCUT2D eigenvalue weighted by molar-refractivity contribution is -0.125. The number of ether oxygens (including phenoxy) is 1. The van der Waals surface area contributed by atoms with E-state index in [-0.39, 0.29) is 24.9 Å². The molecular formula is C11H23ClN2O2. The van der Waals surface area contributed by atoms with E-state index in [0.717, 1.165) is 38.4 Å². The first-order chi connectivity index (χ1) is 7.33. The summed E-state index contributed by atoms with van der Waals surface area (Å²) in [7, 11) is 0. The van der Waals surface area contributed by atoms with E-state index in [1.807, 2.05) is 6.92 Å². The summed E-state index contributed by atoms with van der Waals surface area (Å²) in [6.07, 6.45) is 3.27. The monoisotopic (exact) mass is 250 g/mol. The zero-order chi connectivity index (χ0) is 10.9. The Kier molecular flexibility index (Phi) is 9.68. The SMILES string of the molecule is CCCOCC(=O)NCCC1CCNC1.Cl. The molecule has 1 aliphatic rings. The average molecular weight is 251 g/mol. The van der Waals surface area contributed by atoms with E-state index in [9.17, 15) is 4.79 Å². The van der Waals surface area contributed by atoms with Crippen LogP contribution in [0.1, 0.15) is 26.2 Å². The summed E-state index contributed by atoms with van der Waals surface area (Å²) in [5.41, 5.74) is 0.